The summed E-state index contributed by atoms with van der Waals surface area (Å²) in [6.45, 7) is 0.458. The zero-order chi connectivity index (χ0) is 23.6. The average Bonchev–Trinajstić information content (AvgIpc) is 3.22. The molecule has 10 heteroatoms. The standard InChI is InChI=1S/C23H22F3N3O4/c24-23(25,26)16-8-6-15(7-9-16)20(30)27-17-10-19-21(31)28-18(22(32)29(19)11-17)13-33-12-14-4-2-1-3-5-14/h1-9,17-19H,10-13H2,(H,27,30)(H,28,31)/t17-,18-,19-/m0/s1. The van der Waals surface area contributed by atoms with Gasteiger partial charge in [-0.15, -0.1) is 0 Å². The third-order valence-corrected chi connectivity index (χ3v) is 5.71. The van der Waals surface area contributed by atoms with E-state index in [0.717, 1.165) is 29.8 Å². The molecule has 2 aliphatic rings. The number of alkyl halides is 3. The Hall–Kier alpha value is -3.40. The van der Waals surface area contributed by atoms with Crippen molar-refractivity contribution in [3.8, 4) is 0 Å². The van der Waals surface area contributed by atoms with E-state index in [1.54, 1.807) is 0 Å². The lowest BCUT2D eigenvalue weighted by Crippen LogP contribution is -2.62. The molecule has 3 atom stereocenters. The number of ether oxygens (including phenoxy) is 1. The van der Waals surface area contributed by atoms with Crippen LogP contribution in [0.1, 0.15) is 27.9 Å². The number of rotatable bonds is 6. The Balaban J connectivity index is 1.33. The van der Waals surface area contributed by atoms with Crippen molar-refractivity contribution >= 4 is 17.7 Å². The first-order valence-electron chi connectivity index (χ1n) is 10.4. The predicted octanol–water partition coefficient (Wildman–Crippen LogP) is 2.12. The second kappa shape index (κ2) is 9.22. The number of hydrogen-bond donors (Lipinski definition) is 2. The molecule has 2 aliphatic heterocycles. The predicted molar refractivity (Wildman–Crippen MR) is 111 cm³/mol. The van der Waals surface area contributed by atoms with Crippen LogP contribution >= 0.6 is 0 Å². The summed E-state index contributed by atoms with van der Waals surface area (Å²) < 4.78 is 43.7. The van der Waals surface area contributed by atoms with Crippen molar-refractivity contribution in [3.05, 3.63) is 71.3 Å². The smallest absolute Gasteiger partial charge is 0.374 e. The summed E-state index contributed by atoms with van der Waals surface area (Å²) in [4.78, 5) is 39.2. The van der Waals surface area contributed by atoms with Crippen LogP contribution in [0.5, 0.6) is 0 Å². The third-order valence-electron chi connectivity index (χ3n) is 5.71. The average molecular weight is 461 g/mol. The van der Waals surface area contributed by atoms with Gasteiger partial charge in [-0.25, -0.2) is 0 Å². The number of hydrogen-bond acceptors (Lipinski definition) is 4. The van der Waals surface area contributed by atoms with Crippen LogP contribution in [-0.2, 0) is 27.1 Å². The van der Waals surface area contributed by atoms with Crippen LogP contribution in [0.15, 0.2) is 54.6 Å². The molecule has 4 rings (SSSR count). The molecule has 2 fully saturated rings. The number of fused-ring (bicyclic) bond motifs is 1. The summed E-state index contributed by atoms with van der Waals surface area (Å²) >= 11 is 0. The minimum Gasteiger partial charge on any atom is -0.374 e. The van der Waals surface area contributed by atoms with Crippen LogP contribution in [-0.4, -0.2) is 53.9 Å². The van der Waals surface area contributed by atoms with Crippen molar-refractivity contribution in [2.24, 2.45) is 0 Å². The van der Waals surface area contributed by atoms with E-state index in [4.69, 9.17) is 4.74 Å². The quantitative estimate of drug-likeness (QED) is 0.690. The number of carbonyl (C=O) groups excluding carboxylic acids is 3. The fourth-order valence-corrected chi connectivity index (χ4v) is 4.02. The highest BCUT2D eigenvalue weighted by Gasteiger charge is 2.46. The molecular formula is C23H22F3N3O4. The highest BCUT2D eigenvalue weighted by molar-refractivity contribution is 5.98. The van der Waals surface area contributed by atoms with Crippen molar-refractivity contribution in [2.45, 2.75) is 37.3 Å². The van der Waals surface area contributed by atoms with Crippen LogP contribution in [0, 0.1) is 0 Å². The lowest BCUT2D eigenvalue weighted by atomic mass is 10.1. The van der Waals surface area contributed by atoms with E-state index in [-0.39, 0.29) is 37.0 Å². The van der Waals surface area contributed by atoms with Crippen LogP contribution in [0.25, 0.3) is 0 Å². The summed E-state index contributed by atoms with van der Waals surface area (Å²) in [7, 11) is 0. The first-order valence-corrected chi connectivity index (χ1v) is 10.4. The Kier molecular flexibility index (Phi) is 6.37. The van der Waals surface area contributed by atoms with Crippen molar-refractivity contribution in [3.63, 3.8) is 0 Å². The Morgan fingerprint density at radius 3 is 2.45 bits per heavy atom. The monoisotopic (exact) mass is 461 g/mol. The Morgan fingerprint density at radius 2 is 1.79 bits per heavy atom. The van der Waals surface area contributed by atoms with Gasteiger partial charge in [-0.05, 0) is 36.2 Å². The normalized spacial score (nSPS) is 22.6. The van der Waals surface area contributed by atoms with Gasteiger partial charge in [0.1, 0.15) is 12.1 Å². The number of carbonyl (C=O) groups is 3. The first kappa shape index (κ1) is 22.8. The molecular weight excluding hydrogens is 439 g/mol. The maximum atomic E-state index is 12.8. The van der Waals surface area contributed by atoms with E-state index in [9.17, 15) is 27.6 Å². The molecule has 0 spiro atoms. The third kappa shape index (κ3) is 5.16. The number of piperazine rings is 1. The second-order valence-corrected chi connectivity index (χ2v) is 8.05. The number of halogens is 3. The van der Waals surface area contributed by atoms with E-state index in [2.05, 4.69) is 10.6 Å². The first-order chi connectivity index (χ1) is 15.7. The van der Waals surface area contributed by atoms with E-state index in [1.165, 1.54) is 4.90 Å². The van der Waals surface area contributed by atoms with Gasteiger partial charge < -0.3 is 20.3 Å². The van der Waals surface area contributed by atoms with Crippen molar-refractivity contribution in [2.75, 3.05) is 13.2 Å². The maximum absolute atomic E-state index is 12.8. The van der Waals surface area contributed by atoms with Gasteiger partial charge in [0.05, 0.1) is 18.8 Å². The van der Waals surface area contributed by atoms with Crippen LogP contribution in [0.4, 0.5) is 13.2 Å². The molecule has 0 saturated carbocycles. The van der Waals surface area contributed by atoms with Crippen molar-refractivity contribution in [1.82, 2.24) is 15.5 Å². The maximum Gasteiger partial charge on any atom is 0.416 e. The molecule has 2 saturated heterocycles. The van der Waals surface area contributed by atoms with Gasteiger partial charge in [0.15, 0.2) is 0 Å². The molecule has 0 aromatic heterocycles. The highest BCUT2D eigenvalue weighted by Crippen LogP contribution is 2.29. The van der Waals surface area contributed by atoms with Crippen LogP contribution in [0.3, 0.4) is 0 Å². The Morgan fingerprint density at radius 1 is 1.09 bits per heavy atom. The molecule has 0 aliphatic carbocycles. The zero-order valence-electron chi connectivity index (χ0n) is 17.5. The van der Waals surface area contributed by atoms with Gasteiger partial charge in [0.2, 0.25) is 11.8 Å². The van der Waals surface area contributed by atoms with Crippen molar-refractivity contribution < 1.29 is 32.3 Å². The van der Waals surface area contributed by atoms with Crippen LogP contribution < -0.4 is 10.6 Å². The van der Waals surface area contributed by atoms with E-state index in [0.29, 0.717) is 6.61 Å². The van der Waals surface area contributed by atoms with Gasteiger partial charge in [0, 0.05) is 18.2 Å². The number of amides is 3. The number of nitrogens with zero attached hydrogens (tertiary/aromatic N) is 1. The molecule has 0 unspecified atom stereocenters. The second-order valence-electron chi connectivity index (χ2n) is 8.05. The summed E-state index contributed by atoms with van der Waals surface area (Å²) in [6, 6.07) is 11.3. The minimum absolute atomic E-state index is 0.0191. The lowest BCUT2D eigenvalue weighted by molar-refractivity contribution is -0.148. The molecule has 2 aromatic rings. The molecule has 33 heavy (non-hydrogen) atoms. The van der Waals surface area contributed by atoms with Gasteiger partial charge in [-0.2, -0.15) is 13.2 Å². The summed E-state index contributed by atoms with van der Waals surface area (Å²) in [6.07, 6.45) is -4.26. The molecule has 2 N–H and O–H groups in total. The van der Waals surface area contributed by atoms with Crippen molar-refractivity contribution in [1.29, 1.82) is 0 Å². The van der Waals surface area contributed by atoms with E-state index >= 15 is 0 Å². The Labute approximate surface area is 187 Å². The lowest BCUT2D eigenvalue weighted by Gasteiger charge is -2.34. The summed E-state index contributed by atoms with van der Waals surface area (Å²) in [5, 5.41) is 5.38. The van der Waals surface area contributed by atoms with Gasteiger partial charge >= 0.3 is 6.18 Å². The fourth-order valence-electron chi connectivity index (χ4n) is 4.02. The SMILES string of the molecule is O=C(N[C@H]1C[C@H]2C(=O)N[C@@H](COCc3ccccc3)C(=O)N2C1)c1ccc(C(F)(F)F)cc1. The molecule has 0 bridgehead atoms. The molecule has 2 heterocycles. The molecule has 0 radical (unpaired) electrons. The van der Waals surface area contributed by atoms with Crippen LogP contribution in [0.2, 0.25) is 0 Å². The summed E-state index contributed by atoms with van der Waals surface area (Å²) in [5.74, 6) is -1.18. The topological polar surface area (TPSA) is 87.7 Å². The summed E-state index contributed by atoms with van der Waals surface area (Å²) in [5.41, 5.74) is 0.160. The largest absolute Gasteiger partial charge is 0.416 e. The van der Waals surface area contributed by atoms with Gasteiger partial charge in [0.25, 0.3) is 5.91 Å². The Bertz CT molecular complexity index is 1030. The number of benzene rings is 2. The highest BCUT2D eigenvalue weighted by atomic mass is 19.4. The fraction of sp³-hybridized carbons (Fsp3) is 0.348. The minimum atomic E-state index is -4.49. The molecule has 3 amide bonds. The molecule has 7 nitrogen and oxygen atoms in total. The van der Waals surface area contributed by atoms with E-state index < -0.39 is 35.8 Å². The number of nitrogens with one attached hydrogen (secondary N) is 2. The van der Waals surface area contributed by atoms with Gasteiger partial charge in [-0.1, -0.05) is 30.3 Å². The molecule has 174 valence electrons. The molecule has 2 aromatic carbocycles. The van der Waals surface area contributed by atoms with Gasteiger partial charge in [-0.3, -0.25) is 14.4 Å². The zero-order valence-corrected chi connectivity index (χ0v) is 17.5. The van der Waals surface area contributed by atoms with E-state index in [1.807, 2.05) is 30.3 Å².